The van der Waals surface area contributed by atoms with Crippen molar-refractivity contribution in [1.82, 2.24) is 14.7 Å². The third-order valence-electron chi connectivity index (χ3n) is 5.45. The average Bonchev–Trinajstić information content (AvgIpc) is 3.06. The number of likely N-dealkylation sites (tertiary alicyclic amines) is 1. The van der Waals surface area contributed by atoms with Gasteiger partial charge in [-0.15, -0.1) is 0 Å². The monoisotopic (exact) mass is 375 g/mol. The molecule has 2 saturated heterocycles. The summed E-state index contributed by atoms with van der Waals surface area (Å²) in [6.45, 7) is 5.38. The molecule has 0 aromatic heterocycles. The van der Waals surface area contributed by atoms with E-state index < -0.39 is 0 Å². The smallest absolute Gasteiger partial charge is 0.227 e. The molecule has 2 aliphatic heterocycles. The van der Waals surface area contributed by atoms with Crippen LogP contribution in [0.15, 0.2) is 24.3 Å². The fourth-order valence-corrected chi connectivity index (χ4v) is 3.96. The van der Waals surface area contributed by atoms with Gasteiger partial charge in [-0.1, -0.05) is 12.1 Å². The second-order valence-corrected chi connectivity index (χ2v) is 7.44. The molecule has 1 aromatic carbocycles. The van der Waals surface area contributed by atoms with Gasteiger partial charge in [0, 0.05) is 46.2 Å². The van der Waals surface area contributed by atoms with E-state index in [1.807, 2.05) is 34.1 Å². The molecular weight excluding hydrogens is 346 g/mol. The zero-order valence-electron chi connectivity index (χ0n) is 16.1. The number of piperazine rings is 1. The molecule has 1 aromatic rings. The molecule has 2 heterocycles. The van der Waals surface area contributed by atoms with Gasteiger partial charge in [0.25, 0.3) is 0 Å². The first-order valence-electron chi connectivity index (χ1n) is 9.54. The maximum atomic E-state index is 13.0. The van der Waals surface area contributed by atoms with Crippen molar-refractivity contribution in [3.05, 3.63) is 29.8 Å². The van der Waals surface area contributed by atoms with E-state index in [0.29, 0.717) is 39.1 Å². The van der Waals surface area contributed by atoms with Gasteiger partial charge >= 0.3 is 0 Å². The largest absolute Gasteiger partial charge is 0.497 e. The van der Waals surface area contributed by atoms with Crippen molar-refractivity contribution in [2.45, 2.75) is 31.9 Å². The van der Waals surface area contributed by atoms with Gasteiger partial charge in [0.15, 0.2) is 0 Å². The third-order valence-corrected chi connectivity index (χ3v) is 5.45. The van der Waals surface area contributed by atoms with Crippen LogP contribution in [0.3, 0.4) is 0 Å². The summed E-state index contributed by atoms with van der Waals surface area (Å²) in [5.74, 6) is 0.849. The lowest BCUT2D eigenvalue weighted by Crippen LogP contribution is -2.59. The molecule has 0 spiro atoms. The lowest BCUT2D eigenvalue weighted by Gasteiger charge is -2.42. The molecule has 7 heteroatoms. The Morgan fingerprint density at radius 3 is 2.70 bits per heavy atom. The molecule has 0 aliphatic carbocycles. The highest BCUT2D eigenvalue weighted by Crippen LogP contribution is 2.19. The Morgan fingerprint density at radius 2 is 2.04 bits per heavy atom. The van der Waals surface area contributed by atoms with Crippen LogP contribution in [0.2, 0.25) is 0 Å². The van der Waals surface area contributed by atoms with E-state index >= 15 is 0 Å². The van der Waals surface area contributed by atoms with Gasteiger partial charge in [0.1, 0.15) is 5.75 Å². The molecule has 3 rings (SSSR count). The minimum Gasteiger partial charge on any atom is -0.497 e. The molecular formula is C20H29N3O4. The summed E-state index contributed by atoms with van der Waals surface area (Å²) < 4.78 is 5.24. The van der Waals surface area contributed by atoms with Crippen LogP contribution in [0.25, 0.3) is 0 Å². The van der Waals surface area contributed by atoms with Crippen molar-refractivity contribution in [3.63, 3.8) is 0 Å². The molecule has 7 nitrogen and oxygen atoms in total. The summed E-state index contributed by atoms with van der Waals surface area (Å²) in [5, 5.41) is 9.79. The third kappa shape index (κ3) is 4.99. The van der Waals surface area contributed by atoms with Crippen LogP contribution >= 0.6 is 0 Å². The fraction of sp³-hybridized carbons (Fsp3) is 0.600. The van der Waals surface area contributed by atoms with Crippen LogP contribution < -0.4 is 4.74 Å². The van der Waals surface area contributed by atoms with Crippen molar-refractivity contribution in [2.24, 2.45) is 0 Å². The SMILES string of the molecule is COc1cccc(CC(=O)N2CCN(C(C)=O)C[C@@H]2CN2CC[C@H](O)C2)c1. The van der Waals surface area contributed by atoms with Crippen molar-refractivity contribution < 1.29 is 19.4 Å². The highest BCUT2D eigenvalue weighted by atomic mass is 16.5. The zero-order valence-corrected chi connectivity index (χ0v) is 16.1. The number of carbonyl (C=O) groups is 2. The van der Waals surface area contributed by atoms with E-state index in [0.717, 1.165) is 24.3 Å². The highest BCUT2D eigenvalue weighted by Gasteiger charge is 2.34. The predicted octanol–water partition coefficient (Wildman–Crippen LogP) is 0.364. The number of ether oxygens (including phenoxy) is 1. The molecule has 2 aliphatic rings. The van der Waals surface area contributed by atoms with Gasteiger partial charge < -0.3 is 19.6 Å². The summed E-state index contributed by atoms with van der Waals surface area (Å²) >= 11 is 0. The van der Waals surface area contributed by atoms with Crippen molar-refractivity contribution >= 4 is 11.8 Å². The number of aliphatic hydroxyl groups is 1. The van der Waals surface area contributed by atoms with E-state index in [1.165, 1.54) is 0 Å². The Bertz CT molecular complexity index is 681. The van der Waals surface area contributed by atoms with Crippen LogP contribution in [-0.4, -0.2) is 90.1 Å². The second-order valence-electron chi connectivity index (χ2n) is 7.44. The maximum Gasteiger partial charge on any atom is 0.227 e. The number of benzene rings is 1. The standard InChI is InChI=1S/C20H29N3O4/c1-15(24)22-8-9-23(17(13-22)12-21-7-6-18(25)14-21)20(26)11-16-4-3-5-19(10-16)27-2/h3-5,10,17-18,25H,6-9,11-14H2,1-2H3/t17-,18-/m0/s1. The van der Waals surface area contributed by atoms with Gasteiger partial charge in [-0.05, 0) is 24.1 Å². The minimum absolute atomic E-state index is 0.0429. The Morgan fingerprint density at radius 1 is 1.22 bits per heavy atom. The fourth-order valence-electron chi connectivity index (χ4n) is 3.96. The average molecular weight is 375 g/mol. The Hall–Kier alpha value is -2.12. The second kappa shape index (κ2) is 8.71. The first-order chi connectivity index (χ1) is 13.0. The molecule has 0 radical (unpaired) electrons. The van der Waals surface area contributed by atoms with Gasteiger partial charge in [-0.2, -0.15) is 0 Å². The molecule has 0 saturated carbocycles. The Balaban J connectivity index is 1.69. The first kappa shape index (κ1) is 19.6. The summed E-state index contributed by atoms with van der Waals surface area (Å²) in [7, 11) is 1.61. The Labute approximate surface area is 160 Å². The Kier molecular flexibility index (Phi) is 6.34. The summed E-state index contributed by atoms with van der Waals surface area (Å²) in [6.07, 6.45) is 0.788. The molecule has 0 unspecified atom stereocenters. The number of aliphatic hydroxyl groups excluding tert-OH is 1. The van der Waals surface area contributed by atoms with Crippen LogP contribution in [-0.2, 0) is 16.0 Å². The molecule has 27 heavy (non-hydrogen) atoms. The summed E-state index contributed by atoms with van der Waals surface area (Å²) in [6, 6.07) is 7.51. The van der Waals surface area contributed by atoms with Crippen molar-refractivity contribution in [1.29, 1.82) is 0 Å². The van der Waals surface area contributed by atoms with Crippen molar-refractivity contribution in [3.8, 4) is 5.75 Å². The molecule has 1 N–H and O–H groups in total. The molecule has 2 fully saturated rings. The van der Waals surface area contributed by atoms with Crippen molar-refractivity contribution in [2.75, 3.05) is 46.4 Å². The van der Waals surface area contributed by atoms with E-state index in [9.17, 15) is 14.7 Å². The van der Waals surface area contributed by atoms with E-state index in [-0.39, 0.29) is 24.0 Å². The lowest BCUT2D eigenvalue weighted by atomic mass is 10.1. The molecule has 2 atom stereocenters. The maximum absolute atomic E-state index is 13.0. The number of hydrogen-bond acceptors (Lipinski definition) is 5. The number of methoxy groups -OCH3 is 1. The van der Waals surface area contributed by atoms with Crippen LogP contribution in [0.1, 0.15) is 18.9 Å². The minimum atomic E-state index is -0.293. The highest BCUT2D eigenvalue weighted by molar-refractivity contribution is 5.80. The number of hydrogen-bond donors (Lipinski definition) is 1. The number of amides is 2. The molecule has 2 amide bonds. The quantitative estimate of drug-likeness (QED) is 0.805. The van der Waals surface area contributed by atoms with Crippen LogP contribution in [0.5, 0.6) is 5.75 Å². The van der Waals surface area contributed by atoms with Gasteiger partial charge in [-0.3, -0.25) is 14.5 Å². The van der Waals surface area contributed by atoms with Crippen LogP contribution in [0, 0.1) is 0 Å². The summed E-state index contributed by atoms with van der Waals surface area (Å²) in [4.78, 5) is 30.7. The molecule has 0 bridgehead atoms. The number of nitrogens with zero attached hydrogens (tertiary/aromatic N) is 3. The number of rotatable bonds is 5. The van der Waals surface area contributed by atoms with E-state index in [4.69, 9.17) is 4.74 Å². The van der Waals surface area contributed by atoms with Crippen LogP contribution in [0.4, 0.5) is 0 Å². The van der Waals surface area contributed by atoms with E-state index in [1.54, 1.807) is 14.0 Å². The summed E-state index contributed by atoms with van der Waals surface area (Å²) in [5.41, 5.74) is 0.920. The zero-order chi connectivity index (χ0) is 19.4. The van der Waals surface area contributed by atoms with Gasteiger partial charge in [-0.25, -0.2) is 0 Å². The normalized spacial score (nSPS) is 23.5. The van der Waals surface area contributed by atoms with E-state index in [2.05, 4.69) is 4.90 Å². The lowest BCUT2D eigenvalue weighted by molar-refractivity contribution is -0.142. The molecule has 148 valence electrons. The van der Waals surface area contributed by atoms with Gasteiger partial charge in [0.05, 0.1) is 25.7 Å². The van der Waals surface area contributed by atoms with Gasteiger partial charge in [0.2, 0.25) is 11.8 Å². The predicted molar refractivity (Wildman–Crippen MR) is 102 cm³/mol. The number of β-amino-alcohol motifs (C(OH)–C–C–N with tert-alkyl or cyclic N) is 1. The number of carbonyl (C=O) groups excluding carboxylic acids is 2. The first-order valence-corrected chi connectivity index (χ1v) is 9.54. The topological polar surface area (TPSA) is 73.3 Å².